The summed E-state index contributed by atoms with van der Waals surface area (Å²) in [6, 6.07) is 15.8. The number of nitrogens with one attached hydrogen (secondary N) is 1. The number of benzene rings is 2. The monoisotopic (exact) mass is 409 g/mol. The number of rotatable bonds is 5. The molecule has 30 heavy (non-hydrogen) atoms. The fourth-order valence-corrected chi connectivity index (χ4v) is 3.66. The predicted molar refractivity (Wildman–Crippen MR) is 107 cm³/mol. The Morgan fingerprint density at radius 2 is 1.83 bits per heavy atom. The molecule has 0 atom stereocenters. The van der Waals surface area contributed by atoms with E-state index in [0.717, 1.165) is 39.2 Å². The summed E-state index contributed by atoms with van der Waals surface area (Å²) in [5, 5.41) is 1.02. The third kappa shape index (κ3) is 4.01. The molecule has 2 heterocycles. The van der Waals surface area contributed by atoms with Gasteiger partial charge < -0.3 is 9.72 Å². The Morgan fingerprint density at radius 1 is 1.03 bits per heavy atom. The fourth-order valence-electron chi connectivity index (χ4n) is 3.66. The Bertz CT molecular complexity index is 1190. The average Bonchev–Trinajstić information content (AvgIpc) is 3.47. The van der Waals surface area contributed by atoms with Crippen LogP contribution in [0.1, 0.15) is 36.0 Å². The molecule has 7 heteroatoms. The molecule has 1 fully saturated rings. The van der Waals surface area contributed by atoms with Crippen molar-refractivity contribution in [2.24, 2.45) is 0 Å². The van der Waals surface area contributed by atoms with E-state index in [9.17, 15) is 13.2 Å². The molecular formula is C23H18F3N3O. The minimum Gasteiger partial charge on any atom is -0.406 e. The molecule has 0 bridgehead atoms. The number of aromatic nitrogens is 3. The van der Waals surface area contributed by atoms with Crippen LogP contribution < -0.4 is 4.74 Å². The first kappa shape index (κ1) is 18.7. The number of fused-ring (bicyclic) bond motifs is 1. The van der Waals surface area contributed by atoms with Gasteiger partial charge in [-0.3, -0.25) is 0 Å². The van der Waals surface area contributed by atoms with E-state index in [4.69, 9.17) is 0 Å². The van der Waals surface area contributed by atoms with Crippen molar-refractivity contribution in [2.75, 3.05) is 0 Å². The van der Waals surface area contributed by atoms with Crippen molar-refractivity contribution in [2.45, 2.75) is 31.5 Å². The van der Waals surface area contributed by atoms with Gasteiger partial charge in [-0.1, -0.05) is 30.3 Å². The van der Waals surface area contributed by atoms with Gasteiger partial charge in [-0.05, 0) is 42.7 Å². The van der Waals surface area contributed by atoms with E-state index in [-0.39, 0.29) is 5.75 Å². The van der Waals surface area contributed by atoms with Crippen LogP contribution >= 0.6 is 0 Å². The maximum Gasteiger partial charge on any atom is 0.573 e. The average molecular weight is 409 g/mol. The number of ether oxygens (including phenoxy) is 1. The van der Waals surface area contributed by atoms with E-state index in [1.54, 1.807) is 12.1 Å². The van der Waals surface area contributed by atoms with Crippen LogP contribution in [0.4, 0.5) is 13.2 Å². The van der Waals surface area contributed by atoms with Crippen molar-refractivity contribution >= 4 is 10.9 Å². The predicted octanol–water partition coefficient (Wildman–Crippen LogP) is 5.99. The van der Waals surface area contributed by atoms with Crippen LogP contribution in [-0.2, 0) is 6.42 Å². The second-order valence-electron chi connectivity index (χ2n) is 7.49. The molecule has 1 N–H and O–H groups in total. The maximum atomic E-state index is 12.4. The van der Waals surface area contributed by atoms with Gasteiger partial charge in [0, 0.05) is 40.9 Å². The van der Waals surface area contributed by atoms with E-state index >= 15 is 0 Å². The topological polar surface area (TPSA) is 50.8 Å². The van der Waals surface area contributed by atoms with Gasteiger partial charge in [-0.25, -0.2) is 9.97 Å². The zero-order valence-electron chi connectivity index (χ0n) is 15.9. The summed E-state index contributed by atoms with van der Waals surface area (Å²) >= 11 is 0. The van der Waals surface area contributed by atoms with Crippen LogP contribution in [-0.4, -0.2) is 21.3 Å². The molecule has 1 aliphatic rings. The normalized spacial score (nSPS) is 14.2. The van der Waals surface area contributed by atoms with Gasteiger partial charge in [0.25, 0.3) is 0 Å². The first-order chi connectivity index (χ1) is 14.4. The van der Waals surface area contributed by atoms with Crippen molar-refractivity contribution in [1.29, 1.82) is 0 Å². The summed E-state index contributed by atoms with van der Waals surface area (Å²) in [5.74, 6) is 1.12. The Balaban J connectivity index is 1.43. The van der Waals surface area contributed by atoms with E-state index in [0.29, 0.717) is 12.3 Å². The van der Waals surface area contributed by atoms with E-state index < -0.39 is 6.36 Å². The summed E-state index contributed by atoms with van der Waals surface area (Å²) < 4.78 is 41.1. The number of nitrogens with zero attached hydrogens (tertiary/aromatic N) is 2. The first-order valence-electron chi connectivity index (χ1n) is 9.73. The smallest absolute Gasteiger partial charge is 0.406 e. The van der Waals surface area contributed by atoms with Gasteiger partial charge in [0.05, 0.1) is 5.52 Å². The van der Waals surface area contributed by atoms with Crippen LogP contribution in [0.25, 0.3) is 22.0 Å². The van der Waals surface area contributed by atoms with E-state index in [1.165, 1.54) is 25.0 Å². The van der Waals surface area contributed by atoms with E-state index in [2.05, 4.69) is 25.8 Å². The lowest BCUT2D eigenvalue weighted by Gasteiger charge is -2.09. The van der Waals surface area contributed by atoms with Crippen LogP contribution in [0, 0.1) is 0 Å². The Morgan fingerprint density at radius 3 is 2.57 bits per heavy atom. The van der Waals surface area contributed by atoms with Crippen molar-refractivity contribution in [3.05, 3.63) is 78.0 Å². The second-order valence-corrected chi connectivity index (χ2v) is 7.49. The fraction of sp³-hybridized carbons (Fsp3) is 0.217. The molecule has 1 aliphatic carbocycles. The van der Waals surface area contributed by atoms with Crippen molar-refractivity contribution < 1.29 is 17.9 Å². The zero-order chi connectivity index (χ0) is 20.7. The summed E-state index contributed by atoms with van der Waals surface area (Å²) in [6.07, 6.45) is 0.0917. The van der Waals surface area contributed by atoms with Crippen molar-refractivity contribution in [1.82, 2.24) is 15.0 Å². The summed E-state index contributed by atoms with van der Waals surface area (Å²) in [5.41, 5.74) is 4.73. The highest BCUT2D eigenvalue weighted by molar-refractivity contribution is 5.94. The molecule has 2 aromatic heterocycles. The highest BCUT2D eigenvalue weighted by Gasteiger charge is 2.31. The largest absolute Gasteiger partial charge is 0.573 e. The van der Waals surface area contributed by atoms with Gasteiger partial charge in [0.2, 0.25) is 0 Å². The molecule has 0 spiro atoms. The van der Waals surface area contributed by atoms with Gasteiger partial charge in [0.1, 0.15) is 11.6 Å². The lowest BCUT2D eigenvalue weighted by molar-refractivity contribution is -0.274. The zero-order valence-corrected chi connectivity index (χ0v) is 15.9. The Kier molecular flexibility index (Phi) is 4.46. The molecule has 1 saturated carbocycles. The third-order valence-corrected chi connectivity index (χ3v) is 5.18. The lowest BCUT2D eigenvalue weighted by Crippen LogP contribution is -2.16. The van der Waals surface area contributed by atoms with Gasteiger partial charge in [-0.15, -0.1) is 13.2 Å². The van der Waals surface area contributed by atoms with Crippen LogP contribution in [0.2, 0.25) is 0 Å². The van der Waals surface area contributed by atoms with Crippen LogP contribution in [0.5, 0.6) is 5.75 Å². The number of H-pyrrole nitrogens is 1. The highest BCUT2D eigenvalue weighted by atomic mass is 19.4. The molecule has 0 unspecified atom stereocenters. The minimum absolute atomic E-state index is 0.238. The quantitative estimate of drug-likeness (QED) is 0.440. The molecule has 4 aromatic rings. The Hall–Kier alpha value is -3.35. The SMILES string of the molecule is FC(F)(F)Oc1ccc(-c2cccc3cc(Cc4nccc(C5CC5)n4)[nH]c23)cc1. The van der Waals surface area contributed by atoms with Crippen molar-refractivity contribution in [3.8, 4) is 16.9 Å². The molecular weight excluding hydrogens is 391 g/mol. The lowest BCUT2D eigenvalue weighted by atomic mass is 10.0. The van der Waals surface area contributed by atoms with Gasteiger partial charge in [-0.2, -0.15) is 0 Å². The molecule has 152 valence electrons. The van der Waals surface area contributed by atoms with E-state index in [1.807, 2.05) is 30.5 Å². The van der Waals surface area contributed by atoms with Gasteiger partial charge in [0.15, 0.2) is 0 Å². The van der Waals surface area contributed by atoms with Crippen LogP contribution in [0.3, 0.4) is 0 Å². The van der Waals surface area contributed by atoms with Crippen molar-refractivity contribution in [3.63, 3.8) is 0 Å². The first-order valence-corrected chi connectivity index (χ1v) is 9.73. The molecule has 4 nitrogen and oxygen atoms in total. The summed E-state index contributed by atoms with van der Waals surface area (Å²) in [6.45, 7) is 0. The summed E-state index contributed by atoms with van der Waals surface area (Å²) in [4.78, 5) is 12.5. The number of hydrogen-bond donors (Lipinski definition) is 1. The molecule has 0 saturated heterocycles. The molecule has 0 aliphatic heterocycles. The van der Waals surface area contributed by atoms with Crippen LogP contribution in [0.15, 0.2) is 60.8 Å². The van der Waals surface area contributed by atoms with Gasteiger partial charge >= 0.3 is 6.36 Å². The Labute approximate surface area is 170 Å². The third-order valence-electron chi connectivity index (χ3n) is 5.18. The molecule has 5 rings (SSSR count). The second kappa shape index (κ2) is 7.16. The number of halogens is 3. The standard InChI is InChI=1S/C23H18F3N3O/c24-23(25,26)30-18-8-6-14(7-9-18)19-3-1-2-16-12-17(28-22(16)19)13-21-27-11-10-20(29-21)15-4-5-15/h1-3,6-12,15,28H,4-5,13H2. The molecule has 2 aromatic carbocycles. The number of alkyl halides is 3. The number of para-hydroxylation sites is 1. The highest BCUT2D eigenvalue weighted by Crippen LogP contribution is 2.38. The minimum atomic E-state index is -4.70. The summed E-state index contributed by atoms with van der Waals surface area (Å²) in [7, 11) is 0. The number of hydrogen-bond acceptors (Lipinski definition) is 3. The molecule has 0 amide bonds. The number of aromatic amines is 1. The maximum absolute atomic E-state index is 12.4. The molecule has 0 radical (unpaired) electrons.